The lowest BCUT2D eigenvalue weighted by molar-refractivity contribution is 0.190. The number of rotatable bonds is 7. The highest BCUT2D eigenvalue weighted by atomic mass is 28.4. The summed E-state index contributed by atoms with van der Waals surface area (Å²) in [5.74, 6) is 0.963. The van der Waals surface area contributed by atoms with E-state index in [0.717, 1.165) is 38.0 Å². The molecule has 0 radical (unpaired) electrons. The highest BCUT2D eigenvalue weighted by molar-refractivity contribution is 6.99. The van der Waals surface area contributed by atoms with Crippen LogP contribution in [-0.4, -0.2) is 37.1 Å². The first-order valence-electron chi connectivity index (χ1n) is 12.4. The lowest BCUT2D eigenvalue weighted by Gasteiger charge is -2.44. The standard InChI is InChI=1S/C28H36BNO3Si/c1-28(2,3)34(25-10-6-4-7-11-25,26-12-8-5-9-13-26)33-21-22-14-16-23(17-15-22)27-19-18-24(20-30-27)29(31)32/h4-13,18-20,22-23,31-32H,14-17,21H2,1-3H3. The van der Waals surface area contributed by atoms with Gasteiger partial charge >= 0.3 is 7.12 Å². The topological polar surface area (TPSA) is 62.6 Å². The second-order valence-corrected chi connectivity index (χ2v) is 14.9. The van der Waals surface area contributed by atoms with E-state index in [4.69, 9.17) is 4.43 Å². The molecule has 4 rings (SSSR count). The monoisotopic (exact) mass is 473 g/mol. The molecule has 0 amide bonds. The second-order valence-electron chi connectivity index (χ2n) is 10.6. The Labute approximate surface area is 205 Å². The maximum atomic E-state index is 9.31. The fourth-order valence-electron chi connectivity index (χ4n) is 5.44. The Bertz CT molecular complexity index is 991. The minimum atomic E-state index is -2.49. The molecule has 178 valence electrons. The van der Waals surface area contributed by atoms with Gasteiger partial charge in [0.2, 0.25) is 0 Å². The normalized spacial score (nSPS) is 19.1. The molecule has 0 saturated heterocycles. The second kappa shape index (κ2) is 10.6. The first-order chi connectivity index (χ1) is 16.3. The first kappa shape index (κ1) is 24.9. The van der Waals surface area contributed by atoms with Crippen LogP contribution in [0.2, 0.25) is 5.04 Å². The molecular weight excluding hydrogens is 437 g/mol. The van der Waals surface area contributed by atoms with Crippen molar-refractivity contribution in [3.05, 3.63) is 84.7 Å². The highest BCUT2D eigenvalue weighted by Crippen LogP contribution is 2.39. The molecule has 0 bridgehead atoms. The zero-order valence-corrected chi connectivity index (χ0v) is 21.5. The van der Waals surface area contributed by atoms with E-state index in [1.54, 1.807) is 12.3 Å². The predicted molar refractivity (Wildman–Crippen MR) is 142 cm³/mol. The SMILES string of the molecule is CC(C)(C)[Si](OCC1CCC(c2ccc(B(O)O)cn2)CC1)(c1ccccc1)c1ccccc1. The Balaban J connectivity index is 1.50. The number of nitrogens with zero attached hydrogens (tertiary/aromatic N) is 1. The fraction of sp³-hybridized carbons (Fsp3) is 0.393. The summed E-state index contributed by atoms with van der Waals surface area (Å²) in [6.07, 6.45) is 5.99. The van der Waals surface area contributed by atoms with Gasteiger partial charge in [-0.15, -0.1) is 0 Å². The predicted octanol–water partition coefficient (Wildman–Crippen LogP) is 3.61. The molecule has 1 fully saturated rings. The molecule has 2 N–H and O–H groups in total. The van der Waals surface area contributed by atoms with Crippen molar-refractivity contribution in [3.8, 4) is 0 Å². The summed E-state index contributed by atoms with van der Waals surface area (Å²) >= 11 is 0. The average Bonchev–Trinajstić information content (AvgIpc) is 2.85. The Morgan fingerprint density at radius 3 is 1.85 bits per heavy atom. The van der Waals surface area contributed by atoms with Crippen LogP contribution < -0.4 is 15.8 Å². The van der Waals surface area contributed by atoms with Crippen LogP contribution in [0.5, 0.6) is 0 Å². The zero-order valence-electron chi connectivity index (χ0n) is 20.5. The molecule has 1 saturated carbocycles. The Hall–Kier alpha value is -2.25. The number of aromatic nitrogens is 1. The van der Waals surface area contributed by atoms with E-state index in [-0.39, 0.29) is 5.04 Å². The van der Waals surface area contributed by atoms with Gasteiger partial charge in [0.15, 0.2) is 0 Å². The van der Waals surface area contributed by atoms with Gasteiger partial charge in [0.25, 0.3) is 8.32 Å². The smallest absolute Gasteiger partial charge is 0.423 e. The molecular formula is C28H36BNO3Si. The van der Waals surface area contributed by atoms with Crippen LogP contribution in [0.4, 0.5) is 0 Å². The van der Waals surface area contributed by atoms with Crippen LogP contribution in [0.15, 0.2) is 79.0 Å². The van der Waals surface area contributed by atoms with Gasteiger partial charge in [0, 0.05) is 29.9 Å². The van der Waals surface area contributed by atoms with Crippen LogP contribution in [0.1, 0.15) is 58.1 Å². The summed E-state index contributed by atoms with van der Waals surface area (Å²) in [4.78, 5) is 4.50. The van der Waals surface area contributed by atoms with E-state index in [2.05, 4.69) is 86.4 Å². The van der Waals surface area contributed by atoms with E-state index in [0.29, 0.717) is 17.3 Å². The van der Waals surface area contributed by atoms with Gasteiger partial charge in [0.05, 0.1) is 0 Å². The van der Waals surface area contributed by atoms with Gasteiger partial charge < -0.3 is 14.5 Å². The highest BCUT2D eigenvalue weighted by Gasteiger charge is 2.50. The summed E-state index contributed by atoms with van der Waals surface area (Å²) in [5, 5.41) is 21.3. The van der Waals surface area contributed by atoms with Crippen LogP contribution in [-0.2, 0) is 4.43 Å². The van der Waals surface area contributed by atoms with Gasteiger partial charge in [-0.3, -0.25) is 4.98 Å². The van der Waals surface area contributed by atoms with Crippen LogP contribution in [0, 0.1) is 5.92 Å². The molecule has 0 atom stereocenters. The van der Waals surface area contributed by atoms with Gasteiger partial charge in [-0.25, -0.2) is 0 Å². The largest absolute Gasteiger partial charge is 0.490 e. The Kier molecular flexibility index (Phi) is 7.73. The van der Waals surface area contributed by atoms with Crippen molar-refractivity contribution in [2.75, 3.05) is 6.61 Å². The maximum Gasteiger partial charge on any atom is 0.490 e. The van der Waals surface area contributed by atoms with Gasteiger partial charge in [-0.05, 0) is 53.1 Å². The third-order valence-electron chi connectivity index (χ3n) is 7.32. The van der Waals surface area contributed by atoms with Crippen molar-refractivity contribution in [1.29, 1.82) is 0 Å². The van der Waals surface area contributed by atoms with E-state index in [1.807, 2.05) is 6.07 Å². The van der Waals surface area contributed by atoms with E-state index in [9.17, 15) is 10.0 Å². The molecule has 34 heavy (non-hydrogen) atoms. The first-order valence-corrected chi connectivity index (χ1v) is 14.3. The molecule has 2 aromatic carbocycles. The van der Waals surface area contributed by atoms with Crippen LogP contribution >= 0.6 is 0 Å². The average molecular weight is 473 g/mol. The van der Waals surface area contributed by atoms with Crippen molar-refractivity contribution >= 4 is 31.3 Å². The third kappa shape index (κ3) is 5.20. The maximum absolute atomic E-state index is 9.31. The van der Waals surface area contributed by atoms with Crippen molar-refractivity contribution in [1.82, 2.24) is 4.98 Å². The number of hydrogen-bond donors (Lipinski definition) is 2. The molecule has 6 heteroatoms. The van der Waals surface area contributed by atoms with Gasteiger partial charge in [0.1, 0.15) is 0 Å². The number of benzene rings is 2. The lowest BCUT2D eigenvalue weighted by atomic mass is 9.79. The minimum Gasteiger partial charge on any atom is -0.423 e. The summed E-state index contributed by atoms with van der Waals surface area (Å²) in [6, 6.07) is 25.4. The quantitative estimate of drug-likeness (QED) is 0.515. The molecule has 0 aliphatic heterocycles. The van der Waals surface area contributed by atoms with E-state index >= 15 is 0 Å². The van der Waals surface area contributed by atoms with E-state index < -0.39 is 15.4 Å². The number of pyridine rings is 1. The molecule has 0 spiro atoms. The summed E-state index contributed by atoms with van der Waals surface area (Å²) in [6.45, 7) is 7.77. The minimum absolute atomic E-state index is 0.00412. The molecule has 4 nitrogen and oxygen atoms in total. The fourth-order valence-corrected chi connectivity index (χ4v) is 10.1. The van der Waals surface area contributed by atoms with Crippen LogP contribution in [0.25, 0.3) is 0 Å². The van der Waals surface area contributed by atoms with Crippen molar-refractivity contribution in [2.45, 2.75) is 57.4 Å². The molecule has 1 aliphatic rings. The summed E-state index contributed by atoms with van der Waals surface area (Å²) in [7, 11) is -3.95. The Morgan fingerprint density at radius 1 is 0.853 bits per heavy atom. The Morgan fingerprint density at radius 2 is 1.41 bits per heavy atom. The molecule has 1 aliphatic carbocycles. The summed E-state index contributed by atoms with van der Waals surface area (Å²) < 4.78 is 7.16. The molecule has 0 unspecified atom stereocenters. The number of hydrogen-bond acceptors (Lipinski definition) is 4. The van der Waals surface area contributed by atoms with Crippen molar-refractivity contribution in [2.24, 2.45) is 5.92 Å². The van der Waals surface area contributed by atoms with Gasteiger partial charge in [-0.1, -0.05) is 87.5 Å². The third-order valence-corrected chi connectivity index (χ3v) is 12.3. The van der Waals surface area contributed by atoms with Crippen LogP contribution in [0.3, 0.4) is 0 Å². The van der Waals surface area contributed by atoms with Crippen molar-refractivity contribution < 1.29 is 14.5 Å². The van der Waals surface area contributed by atoms with E-state index in [1.165, 1.54) is 10.4 Å². The lowest BCUT2D eigenvalue weighted by Crippen LogP contribution is -2.66. The molecule has 1 aromatic heterocycles. The summed E-state index contributed by atoms with van der Waals surface area (Å²) in [5.41, 5.74) is 1.49. The molecule has 3 aromatic rings. The van der Waals surface area contributed by atoms with Gasteiger partial charge in [-0.2, -0.15) is 0 Å². The zero-order chi connectivity index (χ0) is 24.2. The molecule has 1 heterocycles. The van der Waals surface area contributed by atoms with Crippen molar-refractivity contribution in [3.63, 3.8) is 0 Å².